The van der Waals surface area contributed by atoms with Gasteiger partial charge in [0.05, 0.1) is 0 Å². The maximum absolute atomic E-state index is 12.1. The second-order valence-electron chi connectivity index (χ2n) is 6.05. The lowest BCUT2D eigenvalue weighted by Gasteiger charge is -2.47. The van der Waals surface area contributed by atoms with Crippen LogP contribution in [0.2, 0.25) is 0 Å². The molecule has 2 fully saturated rings. The van der Waals surface area contributed by atoms with E-state index in [4.69, 9.17) is 5.73 Å². The molecule has 0 radical (unpaired) electrons. The number of amides is 1. The number of carbonyl (C=O) groups is 1. The van der Waals surface area contributed by atoms with Crippen molar-refractivity contribution >= 4 is 5.91 Å². The van der Waals surface area contributed by atoms with Crippen LogP contribution in [0, 0.1) is 5.41 Å². The minimum atomic E-state index is -0.418. The highest BCUT2D eigenvalue weighted by Gasteiger charge is 2.56. The Hall–Kier alpha value is -0.610. The summed E-state index contributed by atoms with van der Waals surface area (Å²) in [5, 5.41) is 3.39. The van der Waals surface area contributed by atoms with Crippen molar-refractivity contribution in [3.63, 3.8) is 0 Å². The molecule has 3 N–H and O–H groups in total. The van der Waals surface area contributed by atoms with Crippen LogP contribution in [0.15, 0.2) is 0 Å². The van der Waals surface area contributed by atoms with Crippen molar-refractivity contribution in [3.8, 4) is 0 Å². The zero-order chi connectivity index (χ0) is 12.5. The molecule has 4 heteroatoms. The summed E-state index contributed by atoms with van der Waals surface area (Å²) in [5.41, 5.74) is 5.37. The van der Waals surface area contributed by atoms with E-state index in [9.17, 15) is 4.79 Å². The summed E-state index contributed by atoms with van der Waals surface area (Å²) in [7, 11) is 0. The van der Waals surface area contributed by atoms with Gasteiger partial charge in [0, 0.05) is 19.6 Å². The van der Waals surface area contributed by atoms with Crippen molar-refractivity contribution in [2.75, 3.05) is 26.2 Å². The van der Waals surface area contributed by atoms with Gasteiger partial charge < -0.3 is 11.1 Å². The number of hydrogen-bond acceptors (Lipinski definition) is 3. The van der Waals surface area contributed by atoms with Crippen molar-refractivity contribution < 1.29 is 4.79 Å². The molecule has 2 rings (SSSR count). The quantitative estimate of drug-likeness (QED) is 0.746. The summed E-state index contributed by atoms with van der Waals surface area (Å²) in [6, 6.07) is 0. The molecule has 1 atom stereocenters. The number of nitrogens with two attached hydrogens (primary N) is 1. The average Bonchev–Trinajstić information content (AvgIpc) is 2.47. The highest BCUT2D eigenvalue weighted by Crippen LogP contribution is 2.49. The first-order chi connectivity index (χ1) is 8.01. The number of rotatable bonds is 2. The van der Waals surface area contributed by atoms with Crippen molar-refractivity contribution in [2.45, 2.75) is 45.1 Å². The molecule has 0 bridgehead atoms. The third kappa shape index (κ3) is 1.97. The Morgan fingerprint density at radius 1 is 1.18 bits per heavy atom. The van der Waals surface area contributed by atoms with Gasteiger partial charge in [-0.3, -0.25) is 9.69 Å². The second kappa shape index (κ2) is 4.58. The Labute approximate surface area is 104 Å². The summed E-state index contributed by atoms with van der Waals surface area (Å²) in [5.74, 6) is -0.123. The summed E-state index contributed by atoms with van der Waals surface area (Å²) >= 11 is 0. The zero-order valence-electron chi connectivity index (χ0n) is 11.1. The van der Waals surface area contributed by atoms with E-state index >= 15 is 0 Å². The van der Waals surface area contributed by atoms with Gasteiger partial charge >= 0.3 is 0 Å². The van der Waals surface area contributed by atoms with Gasteiger partial charge in [-0.1, -0.05) is 20.3 Å². The van der Waals surface area contributed by atoms with Crippen LogP contribution in [0.25, 0.3) is 0 Å². The summed E-state index contributed by atoms with van der Waals surface area (Å²) < 4.78 is 0. The molecule has 4 nitrogen and oxygen atoms in total. The lowest BCUT2D eigenvalue weighted by Crippen LogP contribution is -2.63. The molecule has 1 saturated heterocycles. The highest BCUT2D eigenvalue weighted by molar-refractivity contribution is 5.86. The molecule has 1 aliphatic carbocycles. The molecule has 0 aromatic carbocycles. The fourth-order valence-electron chi connectivity index (χ4n) is 3.76. The van der Waals surface area contributed by atoms with Gasteiger partial charge in [0.2, 0.25) is 5.91 Å². The predicted molar refractivity (Wildman–Crippen MR) is 68.6 cm³/mol. The molecule has 0 aromatic rings. The van der Waals surface area contributed by atoms with E-state index in [-0.39, 0.29) is 11.3 Å². The van der Waals surface area contributed by atoms with Crippen LogP contribution in [0.1, 0.15) is 39.5 Å². The smallest absolute Gasteiger partial charge is 0.238 e. The Kier molecular flexibility index (Phi) is 3.46. The molecule has 17 heavy (non-hydrogen) atoms. The van der Waals surface area contributed by atoms with Crippen molar-refractivity contribution in [3.05, 3.63) is 0 Å². The van der Waals surface area contributed by atoms with Gasteiger partial charge in [0.25, 0.3) is 0 Å². The maximum Gasteiger partial charge on any atom is 0.238 e. The molecule has 0 aromatic heterocycles. The summed E-state index contributed by atoms with van der Waals surface area (Å²) in [6.07, 6.45) is 4.24. The predicted octanol–water partition coefficient (Wildman–Crippen LogP) is 0.716. The van der Waals surface area contributed by atoms with E-state index in [2.05, 4.69) is 24.1 Å². The van der Waals surface area contributed by atoms with Gasteiger partial charge in [-0.25, -0.2) is 0 Å². The molecular formula is C13H25N3O. The van der Waals surface area contributed by atoms with Crippen LogP contribution >= 0.6 is 0 Å². The van der Waals surface area contributed by atoms with Crippen LogP contribution < -0.4 is 11.1 Å². The molecule has 1 aliphatic heterocycles. The van der Waals surface area contributed by atoms with Gasteiger partial charge in [-0.05, 0) is 31.2 Å². The fraction of sp³-hybridized carbons (Fsp3) is 0.923. The first-order valence-electron chi connectivity index (χ1n) is 6.76. The van der Waals surface area contributed by atoms with E-state index in [1.807, 2.05) is 0 Å². The van der Waals surface area contributed by atoms with Crippen molar-refractivity contribution in [1.82, 2.24) is 10.2 Å². The van der Waals surface area contributed by atoms with Gasteiger partial charge in [0.15, 0.2) is 0 Å². The lowest BCUT2D eigenvalue weighted by molar-refractivity contribution is -0.136. The van der Waals surface area contributed by atoms with E-state index in [0.717, 1.165) is 51.9 Å². The topological polar surface area (TPSA) is 58.4 Å². The van der Waals surface area contributed by atoms with Crippen LogP contribution in [-0.4, -0.2) is 42.5 Å². The first kappa shape index (κ1) is 12.8. The standard InChI is InChI=1S/C13H25N3O/c1-12(2)5-3-6-13(12,11(14)17)16-9-4-7-15-8-10-16/h15H,3-10H2,1-2H3,(H2,14,17). The second-order valence-corrected chi connectivity index (χ2v) is 6.05. The normalized spacial score (nSPS) is 34.5. The van der Waals surface area contributed by atoms with Crippen molar-refractivity contribution in [2.24, 2.45) is 11.1 Å². The van der Waals surface area contributed by atoms with E-state index in [0.29, 0.717) is 0 Å². The number of carbonyl (C=O) groups excluding carboxylic acids is 1. The van der Waals surface area contributed by atoms with E-state index < -0.39 is 5.54 Å². The average molecular weight is 239 g/mol. The minimum Gasteiger partial charge on any atom is -0.368 e. The maximum atomic E-state index is 12.1. The van der Waals surface area contributed by atoms with Gasteiger partial charge in [-0.2, -0.15) is 0 Å². The molecule has 1 heterocycles. The Morgan fingerprint density at radius 2 is 1.94 bits per heavy atom. The monoisotopic (exact) mass is 239 g/mol. The molecule has 1 saturated carbocycles. The molecule has 98 valence electrons. The zero-order valence-corrected chi connectivity index (χ0v) is 11.1. The molecule has 0 spiro atoms. The summed E-state index contributed by atoms with van der Waals surface area (Å²) in [4.78, 5) is 14.5. The lowest BCUT2D eigenvalue weighted by atomic mass is 9.73. The van der Waals surface area contributed by atoms with E-state index in [1.165, 1.54) is 0 Å². The fourth-order valence-corrected chi connectivity index (χ4v) is 3.76. The Morgan fingerprint density at radius 3 is 2.53 bits per heavy atom. The molecular weight excluding hydrogens is 214 g/mol. The number of nitrogens with zero attached hydrogens (tertiary/aromatic N) is 1. The largest absolute Gasteiger partial charge is 0.368 e. The van der Waals surface area contributed by atoms with Crippen LogP contribution in [0.3, 0.4) is 0 Å². The third-order valence-electron chi connectivity index (χ3n) is 4.75. The first-order valence-corrected chi connectivity index (χ1v) is 6.76. The van der Waals surface area contributed by atoms with Crippen molar-refractivity contribution in [1.29, 1.82) is 0 Å². The highest BCUT2D eigenvalue weighted by atomic mass is 16.1. The summed E-state index contributed by atoms with van der Waals surface area (Å²) in [6.45, 7) is 8.33. The van der Waals surface area contributed by atoms with Gasteiger partial charge in [0.1, 0.15) is 5.54 Å². The number of nitrogens with one attached hydrogen (secondary N) is 1. The van der Waals surface area contributed by atoms with Crippen LogP contribution in [0.4, 0.5) is 0 Å². The third-order valence-corrected chi connectivity index (χ3v) is 4.75. The van der Waals surface area contributed by atoms with E-state index in [1.54, 1.807) is 0 Å². The molecule has 1 unspecified atom stereocenters. The number of primary amides is 1. The minimum absolute atomic E-state index is 0.00315. The number of hydrogen-bond donors (Lipinski definition) is 2. The Bertz CT molecular complexity index is 295. The van der Waals surface area contributed by atoms with Gasteiger partial charge in [-0.15, -0.1) is 0 Å². The molecule has 1 amide bonds. The SMILES string of the molecule is CC1(C)CCCC1(C(N)=O)N1CCCNCC1. The van der Waals surface area contributed by atoms with Crippen LogP contribution in [-0.2, 0) is 4.79 Å². The molecule has 2 aliphatic rings. The Balaban J connectivity index is 2.30. The van der Waals surface area contributed by atoms with Crippen LogP contribution in [0.5, 0.6) is 0 Å².